The van der Waals surface area contributed by atoms with Crippen LogP contribution in [0.25, 0.3) is 22.6 Å². The lowest BCUT2D eigenvalue weighted by molar-refractivity contribution is 0.312. The number of hydrogen-bond donors (Lipinski definition) is 2. The Balaban J connectivity index is 1.34. The third-order valence-corrected chi connectivity index (χ3v) is 6.74. The van der Waals surface area contributed by atoms with Crippen LogP contribution in [0.1, 0.15) is 23.6 Å². The van der Waals surface area contributed by atoms with Crippen LogP contribution in [0.4, 0.5) is 17.1 Å². The van der Waals surface area contributed by atoms with Crippen LogP contribution in [-0.2, 0) is 6.42 Å². The molecule has 8 heteroatoms. The van der Waals surface area contributed by atoms with Gasteiger partial charge in [0.25, 0.3) is 0 Å². The smallest absolute Gasteiger partial charge is 0.198 e. The van der Waals surface area contributed by atoms with Crippen molar-refractivity contribution in [1.29, 1.82) is 0 Å². The quantitative estimate of drug-likeness (QED) is 0.495. The van der Waals surface area contributed by atoms with E-state index in [0.29, 0.717) is 17.2 Å². The number of fused-ring (bicyclic) bond motifs is 2. The van der Waals surface area contributed by atoms with Crippen molar-refractivity contribution >= 4 is 28.0 Å². The highest BCUT2D eigenvalue weighted by molar-refractivity contribution is 5.99. The standard InChI is InChI=1S/C25H27N7O/c1-31-8-10-32(11-9-31)18-13-28-25(29-14-18)24-23(20-6-7-27-15-22(20)33-24)30-17-3-4-19-16(12-17)2-5-21(19)26/h3-4,6-7,12-15,21,30H,2,5,8-11,26H2,1H3. The van der Waals surface area contributed by atoms with Crippen LogP contribution in [0, 0.1) is 0 Å². The molecule has 1 aliphatic heterocycles. The van der Waals surface area contributed by atoms with Gasteiger partial charge in [0.1, 0.15) is 0 Å². The van der Waals surface area contributed by atoms with Crippen LogP contribution in [0.5, 0.6) is 0 Å². The normalized spacial score (nSPS) is 18.6. The predicted molar refractivity (Wildman–Crippen MR) is 130 cm³/mol. The van der Waals surface area contributed by atoms with Gasteiger partial charge in [0.2, 0.25) is 0 Å². The van der Waals surface area contributed by atoms with Crippen molar-refractivity contribution < 1.29 is 4.42 Å². The minimum atomic E-state index is 0.137. The molecule has 2 aliphatic rings. The zero-order valence-electron chi connectivity index (χ0n) is 18.7. The second-order valence-electron chi connectivity index (χ2n) is 8.92. The van der Waals surface area contributed by atoms with E-state index in [2.05, 4.69) is 55.3 Å². The molecular formula is C25H27N7O. The van der Waals surface area contributed by atoms with Crippen molar-refractivity contribution in [3.8, 4) is 11.6 Å². The summed E-state index contributed by atoms with van der Waals surface area (Å²) in [6, 6.07) is 8.47. The number of aryl methyl sites for hydroxylation is 1. The maximum absolute atomic E-state index is 6.22. The summed E-state index contributed by atoms with van der Waals surface area (Å²) in [7, 11) is 2.15. The molecule has 4 aromatic rings. The summed E-state index contributed by atoms with van der Waals surface area (Å²) in [4.78, 5) is 18.2. The molecule has 1 fully saturated rings. The van der Waals surface area contributed by atoms with E-state index in [-0.39, 0.29) is 6.04 Å². The number of nitrogens with one attached hydrogen (secondary N) is 1. The lowest BCUT2D eigenvalue weighted by Gasteiger charge is -2.33. The van der Waals surface area contributed by atoms with Crippen LogP contribution in [-0.4, -0.2) is 53.1 Å². The molecule has 1 aromatic carbocycles. The summed E-state index contributed by atoms with van der Waals surface area (Å²) >= 11 is 0. The average molecular weight is 442 g/mol. The number of nitrogens with two attached hydrogens (primary N) is 1. The summed E-state index contributed by atoms with van der Waals surface area (Å²) in [5.74, 6) is 1.16. The molecular weight excluding hydrogens is 414 g/mol. The zero-order chi connectivity index (χ0) is 22.4. The fraction of sp³-hybridized carbons (Fsp3) is 0.320. The molecule has 0 saturated carbocycles. The maximum Gasteiger partial charge on any atom is 0.198 e. The molecule has 1 atom stereocenters. The number of nitrogens with zero attached hydrogens (tertiary/aromatic N) is 5. The number of pyridine rings is 1. The molecule has 4 heterocycles. The SMILES string of the molecule is CN1CCN(c2cnc(-c3oc4cnccc4c3Nc3ccc4c(c3)CCC4N)nc2)CC1. The first kappa shape index (κ1) is 20.1. The number of hydrogen-bond acceptors (Lipinski definition) is 8. The van der Waals surface area contributed by atoms with Crippen molar-refractivity contribution in [2.45, 2.75) is 18.9 Å². The average Bonchev–Trinajstić information content (AvgIpc) is 3.40. The number of anilines is 3. The van der Waals surface area contributed by atoms with Gasteiger partial charge in [-0.05, 0) is 49.2 Å². The third-order valence-electron chi connectivity index (χ3n) is 6.74. The fourth-order valence-corrected chi connectivity index (χ4v) is 4.77. The molecule has 0 bridgehead atoms. The van der Waals surface area contributed by atoms with Gasteiger partial charge in [0.05, 0.1) is 30.0 Å². The van der Waals surface area contributed by atoms with Gasteiger partial charge in [-0.25, -0.2) is 9.97 Å². The van der Waals surface area contributed by atoms with Gasteiger partial charge >= 0.3 is 0 Å². The number of likely N-dealkylation sites (N-methyl/N-ethyl adjacent to an activating group) is 1. The Morgan fingerprint density at radius 3 is 2.70 bits per heavy atom. The summed E-state index contributed by atoms with van der Waals surface area (Å²) < 4.78 is 6.18. The Morgan fingerprint density at radius 1 is 1.06 bits per heavy atom. The summed E-state index contributed by atoms with van der Waals surface area (Å²) in [5, 5.41) is 4.51. The topological polar surface area (TPSA) is 96.3 Å². The number of rotatable bonds is 4. The summed E-state index contributed by atoms with van der Waals surface area (Å²) in [6.45, 7) is 4.03. The highest BCUT2D eigenvalue weighted by Crippen LogP contribution is 2.39. The molecule has 0 radical (unpaired) electrons. The van der Waals surface area contributed by atoms with Gasteiger partial charge < -0.3 is 25.3 Å². The first-order chi connectivity index (χ1) is 16.2. The molecule has 33 heavy (non-hydrogen) atoms. The van der Waals surface area contributed by atoms with Crippen molar-refractivity contribution in [3.05, 3.63) is 60.2 Å². The van der Waals surface area contributed by atoms with Crippen LogP contribution in [0.15, 0.2) is 53.5 Å². The van der Waals surface area contributed by atoms with Crippen LogP contribution < -0.4 is 16.0 Å². The minimum absolute atomic E-state index is 0.137. The predicted octanol–water partition coefficient (Wildman–Crippen LogP) is 3.73. The lowest BCUT2D eigenvalue weighted by atomic mass is 10.1. The van der Waals surface area contributed by atoms with Gasteiger partial charge in [-0.15, -0.1) is 0 Å². The number of piperazine rings is 1. The van der Waals surface area contributed by atoms with Gasteiger partial charge in [-0.2, -0.15) is 0 Å². The van der Waals surface area contributed by atoms with E-state index < -0.39 is 0 Å². The van der Waals surface area contributed by atoms with Crippen LogP contribution >= 0.6 is 0 Å². The van der Waals surface area contributed by atoms with E-state index in [1.54, 1.807) is 12.4 Å². The maximum atomic E-state index is 6.22. The van der Waals surface area contributed by atoms with Gasteiger partial charge in [-0.1, -0.05) is 6.07 Å². The van der Waals surface area contributed by atoms with Gasteiger partial charge in [-0.3, -0.25) is 4.98 Å². The molecule has 0 spiro atoms. The summed E-state index contributed by atoms with van der Waals surface area (Å²) in [6.07, 6.45) is 9.28. The highest BCUT2D eigenvalue weighted by Gasteiger charge is 2.22. The van der Waals surface area contributed by atoms with Crippen molar-refractivity contribution in [1.82, 2.24) is 19.9 Å². The monoisotopic (exact) mass is 441 g/mol. The van der Waals surface area contributed by atoms with E-state index in [1.165, 1.54) is 11.1 Å². The molecule has 1 unspecified atom stereocenters. The molecule has 3 aromatic heterocycles. The molecule has 168 valence electrons. The molecule has 3 N–H and O–H groups in total. The fourth-order valence-electron chi connectivity index (χ4n) is 4.77. The Morgan fingerprint density at radius 2 is 1.88 bits per heavy atom. The summed E-state index contributed by atoms with van der Waals surface area (Å²) in [5.41, 5.74) is 12.3. The largest absolute Gasteiger partial charge is 0.449 e. The Bertz CT molecular complexity index is 1290. The lowest BCUT2D eigenvalue weighted by Crippen LogP contribution is -2.44. The van der Waals surface area contributed by atoms with Crippen LogP contribution in [0.3, 0.4) is 0 Å². The molecule has 1 saturated heterocycles. The number of aromatic nitrogens is 3. The van der Waals surface area contributed by atoms with Crippen molar-refractivity contribution in [2.75, 3.05) is 43.4 Å². The van der Waals surface area contributed by atoms with E-state index in [1.807, 2.05) is 18.5 Å². The van der Waals surface area contributed by atoms with Gasteiger partial charge in [0, 0.05) is 49.5 Å². The van der Waals surface area contributed by atoms with Crippen molar-refractivity contribution in [2.24, 2.45) is 5.73 Å². The second kappa shape index (κ2) is 8.13. The van der Waals surface area contributed by atoms with E-state index in [9.17, 15) is 0 Å². The van der Waals surface area contributed by atoms with E-state index in [0.717, 1.165) is 61.5 Å². The highest BCUT2D eigenvalue weighted by atomic mass is 16.3. The minimum Gasteiger partial charge on any atom is -0.449 e. The molecule has 6 rings (SSSR count). The Kier molecular flexibility index (Phi) is 4.96. The molecule has 0 amide bonds. The first-order valence-corrected chi connectivity index (χ1v) is 11.4. The first-order valence-electron chi connectivity index (χ1n) is 11.4. The Labute approximate surface area is 192 Å². The molecule has 1 aliphatic carbocycles. The van der Waals surface area contributed by atoms with E-state index in [4.69, 9.17) is 10.2 Å². The Hall–Kier alpha value is -3.49. The van der Waals surface area contributed by atoms with Gasteiger partial charge in [0.15, 0.2) is 17.2 Å². The number of benzene rings is 1. The molecule has 8 nitrogen and oxygen atoms in total. The zero-order valence-corrected chi connectivity index (χ0v) is 18.7. The third kappa shape index (κ3) is 3.71. The second-order valence-corrected chi connectivity index (χ2v) is 8.92. The van der Waals surface area contributed by atoms with Crippen molar-refractivity contribution in [3.63, 3.8) is 0 Å². The van der Waals surface area contributed by atoms with E-state index >= 15 is 0 Å². The van der Waals surface area contributed by atoms with Crippen LogP contribution in [0.2, 0.25) is 0 Å². The number of furan rings is 1.